The molecule has 6 rings (SSSR count). The third-order valence-corrected chi connectivity index (χ3v) is 8.79. The maximum absolute atomic E-state index is 14.1. The van der Waals surface area contributed by atoms with Crippen LogP contribution in [0.5, 0.6) is 17.2 Å². The third-order valence-electron chi connectivity index (χ3n) is 8.79. The van der Waals surface area contributed by atoms with Crippen molar-refractivity contribution in [1.29, 1.82) is 0 Å². The molecule has 12 nitrogen and oxygen atoms in total. The molecule has 6 atom stereocenters. The Kier molecular flexibility index (Phi) is 5.76. The number of likely N-dealkylation sites (N-methyl/N-ethyl adjacent to an activating group) is 1. The van der Waals surface area contributed by atoms with Crippen LogP contribution >= 0.6 is 0 Å². The van der Waals surface area contributed by atoms with E-state index in [0.29, 0.717) is 28.2 Å². The average molecular weight is 565 g/mol. The molecule has 2 aromatic carbocycles. The first-order valence-corrected chi connectivity index (χ1v) is 12.9. The summed E-state index contributed by atoms with van der Waals surface area (Å²) in [5.74, 6) is -8.39. The van der Waals surface area contributed by atoms with Crippen molar-refractivity contribution >= 4 is 23.2 Å². The molecule has 4 aliphatic rings. The first-order chi connectivity index (χ1) is 19.3. The number of ether oxygens (including phenoxy) is 2. The number of carbonyl (C=O) groups excluding carboxylic acids is 3. The number of fused-ring (bicyclic) bond motifs is 4. The summed E-state index contributed by atoms with van der Waals surface area (Å²) in [7, 11) is 2.92. The summed E-state index contributed by atoms with van der Waals surface area (Å²) in [6.45, 7) is 1.74. The third kappa shape index (κ3) is 3.35. The van der Waals surface area contributed by atoms with Crippen LogP contribution in [-0.4, -0.2) is 86.5 Å². The standard InChI is InChI=1S/C29H28N2O10/c1-10-16-12(11-4-7-14-15(8-11)41-9-40-14)5-6-13(32)18(16)23(33)19-17(10)24(34)21-22(31(2)3)25(35)20(28(30)38)27(37)29(21,39)26(19)36/h4-8,10,17,21-22,24,32-34,37,39H,9H2,1-3H3,(H2,30,38). The number of benzene rings is 2. The number of aromatic hydroxyl groups is 1. The van der Waals surface area contributed by atoms with E-state index in [-0.39, 0.29) is 18.1 Å². The molecule has 0 bridgehead atoms. The summed E-state index contributed by atoms with van der Waals surface area (Å²) < 4.78 is 10.9. The molecule has 12 heteroatoms. The van der Waals surface area contributed by atoms with Crippen LogP contribution in [0.1, 0.15) is 24.0 Å². The highest BCUT2D eigenvalue weighted by atomic mass is 16.7. The molecular formula is C29H28N2O10. The van der Waals surface area contributed by atoms with Gasteiger partial charge in [-0.25, -0.2) is 0 Å². The number of hydrogen-bond donors (Lipinski definition) is 6. The van der Waals surface area contributed by atoms with Crippen LogP contribution in [0.25, 0.3) is 16.9 Å². The quantitative estimate of drug-likeness (QED) is 0.289. The zero-order valence-electron chi connectivity index (χ0n) is 22.3. The molecule has 1 saturated carbocycles. The maximum Gasteiger partial charge on any atom is 0.255 e. The van der Waals surface area contributed by atoms with Gasteiger partial charge in [-0.1, -0.05) is 19.1 Å². The predicted octanol–water partition coefficient (Wildman–Crippen LogP) is 0.891. The highest BCUT2D eigenvalue weighted by molar-refractivity contribution is 6.24. The van der Waals surface area contributed by atoms with Crippen molar-refractivity contribution in [3.63, 3.8) is 0 Å². The molecule has 1 amide bonds. The fraction of sp³-hybridized carbons (Fsp3) is 0.345. The molecule has 0 spiro atoms. The van der Waals surface area contributed by atoms with E-state index in [4.69, 9.17) is 15.2 Å². The minimum Gasteiger partial charge on any atom is -0.508 e. The summed E-state index contributed by atoms with van der Waals surface area (Å²) in [4.78, 5) is 40.9. The monoisotopic (exact) mass is 564 g/mol. The summed E-state index contributed by atoms with van der Waals surface area (Å²) in [5, 5.41) is 57.1. The lowest BCUT2D eigenvalue weighted by atomic mass is 9.54. The number of rotatable bonds is 3. The molecule has 214 valence electrons. The van der Waals surface area contributed by atoms with Gasteiger partial charge in [0.15, 0.2) is 22.9 Å². The Bertz CT molecular complexity index is 1630. The number of ketones is 2. The van der Waals surface area contributed by atoms with Crippen LogP contribution in [0.4, 0.5) is 0 Å². The Hall–Kier alpha value is -4.39. The molecule has 1 aliphatic heterocycles. The van der Waals surface area contributed by atoms with Crippen molar-refractivity contribution in [3.8, 4) is 28.4 Å². The first kappa shape index (κ1) is 26.8. The smallest absolute Gasteiger partial charge is 0.255 e. The van der Waals surface area contributed by atoms with E-state index in [1.54, 1.807) is 31.2 Å². The van der Waals surface area contributed by atoms with E-state index in [9.17, 15) is 39.9 Å². The number of phenolic OH excluding ortho intramolecular Hbond substituents is 1. The molecule has 0 aromatic heterocycles. The number of carbonyl (C=O) groups is 3. The zero-order valence-corrected chi connectivity index (χ0v) is 22.3. The molecule has 1 heterocycles. The number of phenols is 1. The summed E-state index contributed by atoms with van der Waals surface area (Å²) in [6, 6.07) is 6.76. The Morgan fingerprint density at radius 2 is 1.76 bits per heavy atom. The van der Waals surface area contributed by atoms with Crippen molar-refractivity contribution in [2.45, 2.75) is 30.6 Å². The summed E-state index contributed by atoms with van der Waals surface area (Å²) >= 11 is 0. The molecule has 0 radical (unpaired) electrons. The van der Waals surface area contributed by atoms with Crippen LogP contribution in [0.15, 0.2) is 47.2 Å². The minimum atomic E-state index is -2.96. The van der Waals surface area contributed by atoms with E-state index in [0.717, 1.165) is 0 Å². The first-order valence-electron chi connectivity index (χ1n) is 12.9. The normalized spacial score (nSPS) is 30.3. The molecule has 41 heavy (non-hydrogen) atoms. The Balaban J connectivity index is 1.61. The van der Waals surface area contributed by atoms with Gasteiger partial charge in [-0.05, 0) is 54.9 Å². The Labute approximate surface area is 233 Å². The van der Waals surface area contributed by atoms with E-state index >= 15 is 0 Å². The van der Waals surface area contributed by atoms with E-state index < -0.39 is 75.6 Å². The number of amides is 1. The SMILES string of the molecule is CC1c2c(-c3ccc4c(c3)OCO4)ccc(O)c2C(O)=C2C(=O)C3(O)C(O)=C(C(N)=O)C(=O)C(N(C)C)C3C(O)C21. The number of primary amides is 1. The second-order valence-electron chi connectivity index (χ2n) is 11.0. The van der Waals surface area contributed by atoms with Gasteiger partial charge in [-0.2, -0.15) is 0 Å². The minimum absolute atomic E-state index is 0.0565. The van der Waals surface area contributed by atoms with Crippen LogP contribution < -0.4 is 15.2 Å². The number of aliphatic hydroxyl groups is 4. The maximum atomic E-state index is 14.1. The summed E-state index contributed by atoms with van der Waals surface area (Å²) in [6.07, 6.45) is -1.68. The van der Waals surface area contributed by atoms with Gasteiger partial charge < -0.3 is 40.7 Å². The number of hydrogen-bond acceptors (Lipinski definition) is 11. The molecule has 6 unspecified atom stereocenters. The van der Waals surface area contributed by atoms with Crippen molar-refractivity contribution in [3.05, 3.63) is 58.4 Å². The van der Waals surface area contributed by atoms with Crippen molar-refractivity contribution in [1.82, 2.24) is 4.90 Å². The Morgan fingerprint density at radius 3 is 2.41 bits per heavy atom. The molecule has 7 N–H and O–H groups in total. The van der Waals surface area contributed by atoms with Crippen LogP contribution in [-0.2, 0) is 14.4 Å². The molecule has 3 aliphatic carbocycles. The van der Waals surface area contributed by atoms with Gasteiger partial charge in [0, 0.05) is 11.5 Å². The van der Waals surface area contributed by atoms with Gasteiger partial charge in [-0.3, -0.25) is 19.3 Å². The number of aliphatic hydroxyl groups excluding tert-OH is 3. The van der Waals surface area contributed by atoms with Crippen molar-refractivity contribution in [2.24, 2.45) is 17.6 Å². The number of Topliss-reactive ketones (excluding diaryl/α,β-unsaturated/α-hetero) is 2. The van der Waals surface area contributed by atoms with Gasteiger partial charge in [0.25, 0.3) is 5.91 Å². The topological polar surface area (TPSA) is 200 Å². The fourth-order valence-electron chi connectivity index (χ4n) is 7.01. The summed E-state index contributed by atoms with van der Waals surface area (Å²) in [5.41, 5.74) is 2.51. The second-order valence-corrected chi connectivity index (χ2v) is 11.0. The van der Waals surface area contributed by atoms with Gasteiger partial charge in [0.1, 0.15) is 22.8 Å². The van der Waals surface area contributed by atoms with E-state index in [2.05, 4.69) is 0 Å². The number of nitrogens with zero attached hydrogens (tertiary/aromatic N) is 1. The average Bonchev–Trinajstić information content (AvgIpc) is 3.38. The molecule has 1 fully saturated rings. The van der Waals surface area contributed by atoms with Crippen molar-refractivity contribution < 1.29 is 49.4 Å². The Morgan fingerprint density at radius 1 is 1.07 bits per heavy atom. The van der Waals surface area contributed by atoms with Crippen LogP contribution in [0.3, 0.4) is 0 Å². The van der Waals surface area contributed by atoms with Gasteiger partial charge in [0.05, 0.1) is 23.6 Å². The largest absolute Gasteiger partial charge is 0.508 e. The lowest BCUT2D eigenvalue weighted by molar-refractivity contribution is -0.169. The fourth-order valence-corrected chi connectivity index (χ4v) is 7.01. The van der Waals surface area contributed by atoms with Crippen molar-refractivity contribution in [2.75, 3.05) is 20.9 Å². The lowest BCUT2D eigenvalue weighted by Crippen LogP contribution is -2.70. The predicted molar refractivity (Wildman–Crippen MR) is 142 cm³/mol. The molecule has 2 aromatic rings. The zero-order chi connectivity index (χ0) is 29.7. The lowest BCUT2D eigenvalue weighted by Gasteiger charge is -2.53. The van der Waals surface area contributed by atoms with Gasteiger partial charge >= 0.3 is 0 Å². The van der Waals surface area contributed by atoms with E-state index in [1.165, 1.54) is 25.1 Å². The van der Waals surface area contributed by atoms with E-state index in [1.807, 2.05) is 0 Å². The molecule has 0 saturated heterocycles. The highest BCUT2D eigenvalue weighted by Gasteiger charge is 2.68. The highest BCUT2D eigenvalue weighted by Crippen LogP contribution is 2.57. The van der Waals surface area contributed by atoms with Gasteiger partial charge in [0.2, 0.25) is 12.6 Å². The molecular weight excluding hydrogens is 536 g/mol. The van der Waals surface area contributed by atoms with Gasteiger partial charge in [-0.15, -0.1) is 0 Å². The van der Waals surface area contributed by atoms with Crippen LogP contribution in [0, 0.1) is 11.8 Å². The number of nitrogens with two attached hydrogens (primary N) is 1. The second kappa shape index (κ2) is 8.80. The van der Waals surface area contributed by atoms with Crippen LogP contribution in [0.2, 0.25) is 0 Å².